The fourth-order valence-electron chi connectivity index (χ4n) is 6.14. The Bertz CT molecular complexity index is 838. The maximum absolute atomic E-state index is 12.6. The highest BCUT2D eigenvalue weighted by atomic mass is 16.6. The van der Waals surface area contributed by atoms with Crippen molar-refractivity contribution < 1.29 is 38.2 Å². The summed E-state index contributed by atoms with van der Waals surface area (Å²) < 4.78 is 17.0. The quantitative estimate of drug-likeness (QED) is 0.0296. The van der Waals surface area contributed by atoms with Crippen LogP contribution < -0.4 is 0 Å². The monoisotopic (exact) mass is 711 g/mol. The number of quaternary nitrogens is 1. The van der Waals surface area contributed by atoms with Gasteiger partial charge < -0.3 is 23.8 Å². The van der Waals surface area contributed by atoms with Gasteiger partial charge in [-0.2, -0.15) is 0 Å². The van der Waals surface area contributed by atoms with E-state index in [1.165, 1.54) is 116 Å². The van der Waals surface area contributed by atoms with Crippen molar-refractivity contribution in [3.05, 3.63) is 12.2 Å². The Balaban J connectivity index is 3.98. The van der Waals surface area contributed by atoms with Crippen molar-refractivity contribution in [2.75, 3.05) is 41.0 Å². The molecule has 0 saturated heterocycles. The molecule has 0 aliphatic carbocycles. The van der Waals surface area contributed by atoms with E-state index < -0.39 is 18.1 Å². The van der Waals surface area contributed by atoms with Crippen LogP contribution in [0.3, 0.4) is 0 Å². The van der Waals surface area contributed by atoms with Crippen LogP contribution in [0.5, 0.6) is 0 Å². The van der Waals surface area contributed by atoms with Crippen molar-refractivity contribution in [1.29, 1.82) is 0 Å². The zero-order valence-corrected chi connectivity index (χ0v) is 33.4. The Morgan fingerprint density at radius 1 is 0.580 bits per heavy atom. The highest BCUT2D eigenvalue weighted by molar-refractivity contribution is 5.72. The first kappa shape index (κ1) is 48.1. The van der Waals surface area contributed by atoms with E-state index in [1.807, 2.05) is 21.1 Å². The second-order valence-electron chi connectivity index (χ2n) is 15.2. The lowest BCUT2D eigenvalue weighted by Gasteiger charge is -2.31. The molecule has 1 N–H and O–H groups in total. The molecule has 294 valence electrons. The molecule has 0 aromatic rings. The molecule has 0 aliphatic heterocycles. The minimum Gasteiger partial charge on any atom is -0.477 e. The van der Waals surface area contributed by atoms with E-state index in [-0.39, 0.29) is 36.2 Å². The number of nitrogens with zero attached hydrogens (tertiary/aromatic N) is 1. The number of esters is 2. The number of hydrogen-bond donors (Lipinski definition) is 1. The Morgan fingerprint density at radius 3 is 1.48 bits per heavy atom. The van der Waals surface area contributed by atoms with Crippen LogP contribution >= 0.6 is 0 Å². The molecule has 0 spiro atoms. The summed E-state index contributed by atoms with van der Waals surface area (Å²) in [6.45, 7) is 4.58. The average molecular weight is 711 g/mol. The summed E-state index contributed by atoms with van der Waals surface area (Å²) in [6, 6.07) is -0.607. The lowest BCUT2D eigenvalue weighted by molar-refractivity contribution is -0.887. The predicted molar refractivity (Wildman–Crippen MR) is 206 cm³/mol. The molecule has 8 heteroatoms. The third-order valence-electron chi connectivity index (χ3n) is 9.41. The van der Waals surface area contributed by atoms with Crippen molar-refractivity contribution in [3.8, 4) is 0 Å². The van der Waals surface area contributed by atoms with Crippen LogP contribution in [0.1, 0.15) is 187 Å². The van der Waals surface area contributed by atoms with Gasteiger partial charge in [0.2, 0.25) is 0 Å². The number of unbranched alkanes of at least 4 members (excludes halogenated alkanes) is 21. The number of carbonyl (C=O) groups is 3. The minimum absolute atomic E-state index is 0.0508. The largest absolute Gasteiger partial charge is 0.477 e. The van der Waals surface area contributed by atoms with Crippen molar-refractivity contribution in [2.45, 2.75) is 199 Å². The van der Waals surface area contributed by atoms with Crippen molar-refractivity contribution in [1.82, 2.24) is 0 Å². The van der Waals surface area contributed by atoms with E-state index in [2.05, 4.69) is 26.0 Å². The van der Waals surface area contributed by atoms with Crippen LogP contribution in [-0.4, -0.2) is 80.6 Å². The smallest absolute Gasteiger partial charge is 0.362 e. The molecule has 0 radical (unpaired) electrons. The van der Waals surface area contributed by atoms with Gasteiger partial charge >= 0.3 is 17.9 Å². The van der Waals surface area contributed by atoms with Gasteiger partial charge in [-0.15, -0.1) is 0 Å². The van der Waals surface area contributed by atoms with Crippen LogP contribution in [0.2, 0.25) is 0 Å². The van der Waals surface area contributed by atoms with Crippen LogP contribution in [0, 0.1) is 0 Å². The molecule has 50 heavy (non-hydrogen) atoms. The van der Waals surface area contributed by atoms with Gasteiger partial charge in [-0.3, -0.25) is 9.59 Å². The van der Waals surface area contributed by atoms with Crippen LogP contribution in [0.4, 0.5) is 0 Å². The van der Waals surface area contributed by atoms with E-state index >= 15 is 0 Å². The van der Waals surface area contributed by atoms with Gasteiger partial charge in [-0.05, 0) is 38.5 Å². The van der Waals surface area contributed by atoms with E-state index in [0.29, 0.717) is 19.3 Å². The van der Waals surface area contributed by atoms with Crippen LogP contribution in [0.15, 0.2) is 12.2 Å². The maximum atomic E-state index is 12.6. The number of carbonyl (C=O) groups excluding carboxylic acids is 2. The van der Waals surface area contributed by atoms with E-state index in [9.17, 15) is 19.5 Å². The number of allylic oxidation sites excluding steroid dienone is 2. The fraction of sp³-hybridized carbons (Fsp3) is 0.881. The molecule has 0 saturated carbocycles. The maximum Gasteiger partial charge on any atom is 0.362 e. The predicted octanol–water partition coefficient (Wildman–Crippen LogP) is 10.7. The first-order valence-corrected chi connectivity index (χ1v) is 20.7. The van der Waals surface area contributed by atoms with Gasteiger partial charge in [0, 0.05) is 19.3 Å². The molecule has 8 nitrogen and oxygen atoms in total. The number of likely N-dealkylation sites (N-methyl/N-ethyl adjacent to an activating group) is 1. The second-order valence-corrected chi connectivity index (χ2v) is 15.2. The molecular formula is C42H80NO7+. The summed E-state index contributed by atoms with van der Waals surface area (Å²) in [5.74, 6) is -1.49. The van der Waals surface area contributed by atoms with Crippen LogP contribution in [-0.2, 0) is 28.6 Å². The van der Waals surface area contributed by atoms with Gasteiger partial charge in [0.15, 0.2) is 12.1 Å². The fourth-order valence-corrected chi connectivity index (χ4v) is 6.14. The first-order valence-electron chi connectivity index (χ1n) is 20.7. The SMILES string of the molecule is CCCCCCCCCC/C=C\CCCCCCCCCCCCCC(=O)OC(COCCC(C(=O)O)[N+](C)(C)C)COC(=O)CCCCC. The molecule has 0 fully saturated rings. The molecule has 0 bridgehead atoms. The highest BCUT2D eigenvalue weighted by Gasteiger charge is 2.31. The van der Waals surface area contributed by atoms with E-state index in [4.69, 9.17) is 14.2 Å². The lowest BCUT2D eigenvalue weighted by atomic mass is 10.0. The van der Waals surface area contributed by atoms with Crippen molar-refractivity contribution >= 4 is 17.9 Å². The number of rotatable bonds is 37. The number of hydrogen-bond acceptors (Lipinski definition) is 6. The Morgan fingerprint density at radius 2 is 1.00 bits per heavy atom. The zero-order valence-electron chi connectivity index (χ0n) is 33.4. The number of carboxylic acids is 1. The summed E-state index contributed by atoms with van der Waals surface area (Å²) in [5.41, 5.74) is 0. The molecule has 0 aromatic heterocycles. The Labute approximate surface area is 308 Å². The Hall–Kier alpha value is -1.93. The van der Waals surface area contributed by atoms with Crippen LogP contribution in [0.25, 0.3) is 0 Å². The molecule has 0 heterocycles. The zero-order chi connectivity index (χ0) is 37.1. The van der Waals surface area contributed by atoms with Crippen molar-refractivity contribution in [2.24, 2.45) is 0 Å². The molecule has 0 amide bonds. The summed E-state index contributed by atoms with van der Waals surface area (Å²) in [5, 5.41) is 9.54. The van der Waals surface area contributed by atoms with Gasteiger partial charge in [0.25, 0.3) is 0 Å². The molecule has 0 aromatic carbocycles. The Kier molecular flexibility index (Phi) is 32.9. The second kappa shape index (κ2) is 34.2. The third-order valence-corrected chi connectivity index (χ3v) is 9.41. The molecule has 0 rings (SSSR count). The van der Waals surface area contributed by atoms with Gasteiger partial charge in [-0.25, -0.2) is 4.79 Å². The first-order chi connectivity index (χ1) is 24.1. The highest BCUT2D eigenvalue weighted by Crippen LogP contribution is 2.15. The van der Waals surface area contributed by atoms with Gasteiger partial charge in [-0.1, -0.05) is 142 Å². The number of aliphatic carboxylic acids is 1. The topological polar surface area (TPSA) is 99.1 Å². The normalized spacial score (nSPS) is 13.1. The molecule has 0 aliphatic rings. The summed E-state index contributed by atoms with van der Waals surface area (Å²) in [6.07, 6.45) is 34.8. The molecular weight excluding hydrogens is 630 g/mol. The summed E-state index contributed by atoms with van der Waals surface area (Å²) in [4.78, 5) is 36.3. The summed E-state index contributed by atoms with van der Waals surface area (Å²) in [7, 11) is 5.51. The average Bonchev–Trinajstić information content (AvgIpc) is 3.06. The van der Waals surface area contributed by atoms with Gasteiger partial charge in [0.1, 0.15) is 6.61 Å². The molecule has 2 unspecified atom stereocenters. The lowest BCUT2D eigenvalue weighted by Crippen LogP contribution is -2.50. The van der Waals surface area contributed by atoms with Crippen molar-refractivity contribution in [3.63, 3.8) is 0 Å². The van der Waals surface area contributed by atoms with E-state index in [1.54, 1.807) is 0 Å². The van der Waals surface area contributed by atoms with E-state index in [0.717, 1.165) is 38.5 Å². The standard InChI is InChI=1S/C42H79NO7/c1-6-8-10-11-12-13-14-15-16-17-18-19-20-21-22-23-24-25-26-27-28-29-31-33-41(45)50-38(37-49-40(44)32-30-9-7-2)36-48-35-34-39(42(46)47)43(3,4)5/h17-18,38-39H,6-16,19-37H2,1-5H3/p+1/b18-17-. The number of carboxylic acid groups (broad SMARTS) is 1. The van der Waals surface area contributed by atoms with Gasteiger partial charge in [0.05, 0.1) is 34.4 Å². The third kappa shape index (κ3) is 32.0. The number of ether oxygens (including phenoxy) is 3. The minimum atomic E-state index is -0.876. The molecule has 2 atom stereocenters. The summed E-state index contributed by atoms with van der Waals surface area (Å²) >= 11 is 0.